The summed E-state index contributed by atoms with van der Waals surface area (Å²) < 4.78 is 10.7. The summed E-state index contributed by atoms with van der Waals surface area (Å²) in [5, 5.41) is 0. The second-order valence-corrected chi connectivity index (χ2v) is 9.56. The molecule has 0 saturated heterocycles. The van der Waals surface area contributed by atoms with Crippen molar-refractivity contribution >= 4 is 0 Å². The van der Waals surface area contributed by atoms with Crippen LogP contribution in [-0.2, 0) is 9.47 Å². The van der Waals surface area contributed by atoms with Crippen molar-refractivity contribution in [1.82, 2.24) is 0 Å². The number of rotatable bonds is 21. The van der Waals surface area contributed by atoms with E-state index in [4.69, 9.17) is 9.47 Å². The van der Waals surface area contributed by atoms with Crippen LogP contribution in [0.5, 0.6) is 0 Å². The molecule has 164 valence electrons. The Hall–Kier alpha value is -0.0800. The van der Waals surface area contributed by atoms with Crippen molar-refractivity contribution in [3.05, 3.63) is 0 Å². The number of methoxy groups -OCH3 is 2. The fraction of sp³-hybridized carbons (Fsp3) is 1.00. The monoisotopic (exact) mass is 384 g/mol. The first kappa shape index (κ1) is 26.9. The summed E-state index contributed by atoms with van der Waals surface area (Å²) in [6.07, 6.45) is 22.6. The van der Waals surface area contributed by atoms with Gasteiger partial charge in [0.15, 0.2) is 0 Å². The average molecular weight is 385 g/mol. The van der Waals surface area contributed by atoms with Gasteiger partial charge in [-0.2, -0.15) is 0 Å². The molecule has 0 amide bonds. The van der Waals surface area contributed by atoms with E-state index in [2.05, 4.69) is 20.8 Å². The van der Waals surface area contributed by atoms with E-state index in [-0.39, 0.29) is 5.41 Å². The van der Waals surface area contributed by atoms with Crippen molar-refractivity contribution in [3.8, 4) is 0 Å². The van der Waals surface area contributed by atoms with Crippen molar-refractivity contribution in [2.24, 2.45) is 11.3 Å². The largest absolute Gasteiger partial charge is 0.384 e. The zero-order valence-electron chi connectivity index (χ0n) is 19.6. The lowest BCUT2D eigenvalue weighted by molar-refractivity contribution is 0.0151. The normalized spacial score (nSPS) is 12.2. The Balaban J connectivity index is 3.27. The number of unbranched alkanes of at least 4 members (excludes halogenated alkanes) is 13. The molecule has 0 saturated carbocycles. The maximum absolute atomic E-state index is 5.36. The van der Waals surface area contributed by atoms with Crippen LogP contribution in [-0.4, -0.2) is 27.4 Å². The van der Waals surface area contributed by atoms with Gasteiger partial charge < -0.3 is 9.47 Å². The summed E-state index contributed by atoms with van der Waals surface area (Å²) >= 11 is 0. The van der Waals surface area contributed by atoms with Crippen LogP contribution in [0, 0.1) is 11.3 Å². The molecule has 0 spiro atoms. The highest BCUT2D eigenvalue weighted by Crippen LogP contribution is 2.25. The maximum atomic E-state index is 5.36. The minimum absolute atomic E-state index is 0.192. The summed E-state index contributed by atoms with van der Waals surface area (Å²) in [7, 11) is 3.59. The number of hydrogen-bond acceptors (Lipinski definition) is 2. The molecule has 0 heterocycles. The number of ether oxygens (including phenoxy) is 2. The molecule has 2 nitrogen and oxygen atoms in total. The van der Waals surface area contributed by atoms with Gasteiger partial charge >= 0.3 is 0 Å². The van der Waals surface area contributed by atoms with Gasteiger partial charge in [0.05, 0.1) is 13.2 Å². The lowest BCUT2D eigenvalue weighted by Gasteiger charge is -2.27. The first-order valence-electron chi connectivity index (χ1n) is 12.0. The zero-order chi connectivity index (χ0) is 20.2. The fourth-order valence-electron chi connectivity index (χ4n) is 4.11. The Morgan fingerprint density at radius 2 is 0.889 bits per heavy atom. The lowest BCUT2D eigenvalue weighted by atomic mass is 9.86. The highest BCUT2D eigenvalue weighted by Gasteiger charge is 2.23. The van der Waals surface area contributed by atoms with Crippen molar-refractivity contribution in [3.63, 3.8) is 0 Å². The molecule has 0 aromatic rings. The SMILES string of the molecule is COCC(C)(CCCCCCCCCCCCCCCCC(C)C)COC. The summed E-state index contributed by atoms with van der Waals surface area (Å²) in [6, 6.07) is 0. The van der Waals surface area contributed by atoms with Crippen molar-refractivity contribution < 1.29 is 9.47 Å². The van der Waals surface area contributed by atoms with Gasteiger partial charge in [-0.05, 0) is 12.3 Å². The quantitative estimate of drug-likeness (QED) is 0.186. The van der Waals surface area contributed by atoms with Gasteiger partial charge in [-0.25, -0.2) is 0 Å². The Bertz CT molecular complexity index is 282. The highest BCUT2D eigenvalue weighted by molar-refractivity contribution is 4.73. The first-order chi connectivity index (χ1) is 13.0. The van der Waals surface area contributed by atoms with E-state index in [1.165, 1.54) is 103 Å². The van der Waals surface area contributed by atoms with Crippen LogP contribution in [0.4, 0.5) is 0 Å². The maximum Gasteiger partial charge on any atom is 0.0538 e. The molecule has 2 heteroatoms. The van der Waals surface area contributed by atoms with E-state index < -0.39 is 0 Å². The van der Waals surface area contributed by atoms with E-state index in [9.17, 15) is 0 Å². The molecule has 0 aliphatic rings. The van der Waals surface area contributed by atoms with Crippen LogP contribution in [0.2, 0.25) is 0 Å². The topological polar surface area (TPSA) is 18.5 Å². The Kier molecular flexibility index (Phi) is 19.2. The third-order valence-electron chi connectivity index (χ3n) is 5.80. The molecule has 0 N–H and O–H groups in total. The van der Waals surface area contributed by atoms with Crippen LogP contribution in [0.15, 0.2) is 0 Å². The van der Waals surface area contributed by atoms with Gasteiger partial charge in [-0.3, -0.25) is 0 Å². The first-order valence-corrected chi connectivity index (χ1v) is 12.0. The third-order valence-corrected chi connectivity index (χ3v) is 5.80. The van der Waals surface area contributed by atoms with Gasteiger partial charge in [0.2, 0.25) is 0 Å². The van der Waals surface area contributed by atoms with E-state index in [1.54, 1.807) is 14.2 Å². The molecule has 0 radical (unpaired) electrons. The zero-order valence-corrected chi connectivity index (χ0v) is 19.6. The minimum Gasteiger partial charge on any atom is -0.384 e. The molecule has 0 rings (SSSR count). The Morgan fingerprint density at radius 3 is 1.22 bits per heavy atom. The van der Waals surface area contributed by atoms with Gasteiger partial charge in [0.25, 0.3) is 0 Å². The third kappa shape index (κ3) is 19.0. The summed E-state index contributed by atoms with van der Waals surface area (Å²) in [5.74, 6) is 0.886. The molecule has 0 fully saturated rings. The summed E-state index contributed by atoms with van der Waals surface area (Å²) in [6.45, 7) is 8.56. The van der Waals surface area contributed by atoms with Crippen LogP contribution in [0.1, 0.15) is 124 Å². The van der Waals surface area contributed by atoms with Crippen LogP contribution < -0.4 is 0 Å². The van der Waals surface area contributed by atoms with Gasteiger partial charge in [0.1, 0.15) is 0 Å². The number of hydrogen-bond donors (Lipinski definition) is 0. The molecule has 0 aliphatic carbocycles. The molecule has 0 bridgehead atoms. The standard InChI is InChI=1S/C25H52O2/c1-24(2)20-18-16-14-12-10-8-6-7-9-11-13-15-17-19-21-25(3,22-26-4)23-27-5/h24H,6-23H2,1-5H3. The lowest BCUT2D eigenvalue weighted by Crippen LogP contribution is -2.28. The summed E-state index contributed by atoms with van der Waals surface area (Å²) in [4.78, 5) is 0. The van der Waals surface area contributed by atoms with Gasteiger partial charge in [-0.1, -0.05) is 117 Å². The highest BCUT2D eigenvalue weighted by atomic mass is 16.5. The second kappa shape index (κ2) is 19.2. The predicted molar refractivity (Wildman–Crippen MR) is 121 cm³/mol. The minimum atomic E-state index is 0.192. The summed E-state index contributed by atoms with van der Waals surface area (Å²) in [5.41, 5.74) is 0.192. The Morgan fingerprint density at radius 1 is 0.556 bits per heavy atom. The van der Waals surface area contributed by atoms with Gasteiger partial charge in [0, 0.05) is 19.6 Å². The molecule has 27 heavy (non-hydrogen) atoms. The van der Waals surface area contributed by atoms with Crippen molar-refractivity contribution in [2.75, 3.05) is 27.4 Å². The molecular weight excluding hydrogens is 332 g/mol. The van der Waals surface area contributed by atoms with Gasteiger partial charge in [-0.15, -0.1) is 0 Å². The molecule has 0 unspecified atom stereocenters. The van der Waals surface area contributed by atoms with Crippen molar-refractivity contribution in [1.29, 1.82) is 0 Å². The van der Waals surface area contributed by atoms with E-state index >= 15 is 0 Å². The molecule has 0 aromatic heterocycles. The molecular formula is C25H52O2. The van der Waals surface area contributed by atoms with E-state index in [0.717, 1.165) is 19.1 Å². The molecule has 0 atom stereocenters. The molecule has 0 aliphatic heterocycles. The van der Waals surface area contributed by atoms with Crippen LogP contribution in [0.3, 0.4) is 0 Å². The predicted octanol–water partition coefficient (Wildman–Crippen LogP) is 8.18. The Labute approximate surface area is 172 Å². The fourth-order valence-corrected chi connectivity index (χ4v) is 4.11. The smallest absolute Gasteiger partial charge is 0.0538 e. The average Bonchev–Trinajstić information content (AvgIpc) is 2.61. The molecule has 0 aromatic carbocycles. The van der Waals surface area contributed by atoms with Crippen LogP contribution >= 0.6 is 0 Å². The van der Waals surface area contributed by atoms with Crippen LogP contribution in [0.25, 0.3) is 0 Å². The van der Waals surface area contributed by atoms with E-state index in [1.807, 2.05) is 0 Å². The second-order valence-electron chi connectivity index (χ2n) is 9.56. The van der Waals surface area contributed by atoms with E-state index in [0.29, 0.717) is 0 Å². The van der Waals surface area contributed by atoms with Crippen molar-refractivity contribution in [2.45, 2.75) is 124 Å².